The van der Waals surface area contributed by atoms with E-state index < -0.39 is 17.3 Å². The first kappa shape index (κ1) is 14.1. The van der Waals surface area contributed by atoms with E-state index in [0.29, 0.717) is 0 Å². The van der Waals surface area contributed by atoms with E-state index in [9.17, 15) is 8.78 Å². The number of thiocarbonyl (C=S) groups is 1. The molecule has 20 heavy (non-hydrogen) atoms. The van der Waals surface area contributed by atoms with Crippen LogP contribution >= 0.6 is 12.2 Å². The second kappa shape index (κ2) is 6.21. The summed E-state index contributed by atoms with van der Waals surface area (Å²) in [5, 5.41) is 1.94. The molecule has 0 N–H and O–H groups in total. The zero-order chi connectivity index (χ0) is 14.5. The van der Waals surface area contributed by atoms with Crippen LogP contribution in [-0.2, 0) is 0 Å². The molecule has 0 atom stereocenters. The quantitative estimate of drug-likeness (QED) is 0.429. The highest BCUT2D eigenvalue weighted by Crippen LogP contribution is 2.23. The molecule has 98 valence electrons. The van der Waals surface area contributed by atoms with E-state index >= 15 is 0 Å². The zero-order valence-electron chi connectivity index (χ0n) is 10.6. The van der Waals surface area contributed by atoms with Crippen molar-refractivity contribution in [3.63, 3.8) is 0 Å². The molecule has 0 spiro atoms. The fourth-order valence-electron chi connectivity index (χ4n) is 1.64. The Kier molecular flexibility index (Phi) is 4.37. The van der Waals surface area contributed by atoms with Crippen LogP contribution in [0.1, 0.15) is 16.7 Å². The van der Waals surface area contributed by atoms with Gasteiger partial charge in [0, 0.05) is 11.1 Å². The summed E-state index contributed by atoms with van der Waals surface area (Å²) in [5.41, 5.74) is 1.62. The average molecular weight is 285 g/mol. The highest BCUT2D eigenvalue weighted by molar-refractivity contribution is 7.78. The zero-order valence-corrected chi connectivity index (χ0v) is 11.4. The van der Waals surface area contributed by atoms with Crippen LogP contribution in [0.4, 0.5) is 14.5 Å². The molecule has 2 aromatic rings. The minimum Gasteiger partial charge on any atom is -0.204 e. The number of hydrogen-bond acceptors (Lipinski definition) is 2. The molecule has 0 aliphatic heterocycles. The third-order valence-electron chi connectivity index (χ3n) is 2.66. The van der Waals surface area contributed by atoms with E-state index in [1.807, 2.05) is 36.4 Å². The number of nitrogens with zero attached hydrogens (tertiary/aromatic N) is 1. The minimum absolute atomic E-state index is 0.242. The molecule has 0 saturated heterocycles. The van der Waals surface area contributed by atoms with Gasteiger partial charge in [0.25, 0.3) is 0 Å². The largest absolute Gasteiger partial charge is 0.204 e. The topological polar surface area (TPSA) is 12.4 Å². The standard InChI is InChI=1S/C16H9F2NS/c1-11-4-2-3-5-13(11)7-6-12-8-14(17)16(19-10-20)15(18)9-12/h2-5,8-9H,1H3. The van der Waals surface area contributed by atoms with Gasteiger partial charge < -0.3 is 0 Å². The van der Waals surface area contributed by atoms with Crippen LogP contribution in [-0.4, -0.2) is 5.16 Å². The Morgan fingerprint density at radius 3 is 2.30 bits per heavy atom. The Bertz CT molecular complexity index is 743. The van der Waals surface area contributed by atoms with Crippen molar-refractivity contribution >= 4 is 23.1 Å². The number of aryl methyl sites for hydroxylation is 1. The lowest BCUT2D eigenvalue weighted by molar-refractivity contribution is 0.587. The second-order valence-electron chi connectivity index (χ2n) is 4.06. The van der Waals surface area contributed by atoms with Crippen LogP contribution in [0, 0.1) is 30.4 Å². The summed E-state index contributed by atoms with van der Waals surface area (Å²) in [5.74, 6) is 4.00. The van der Waals surface area contributed by atoms with E-state index in [0.717, 1.165) is 23.3 Å². The van der Waals surface area contributed by atoms with Crippen LogP contribution in [0.15, 0.2) is 41.4 Å². The molecule has 0 amide bonds. The Labute approximate surface area is 121 Å². The SMILES string of the molecule is Cc1ccccc1C#Cc1cc(F)c(N=C=S)c(F)c1. The maximum Gasteiger partial charge on any atom is 0.153 e. The number of halogens is 2. The van der Waals surface area contributed by atoms with Gasteiger partial charge in [-0.15, -0.1) is 0 Å². The molecule has 0 saturated carbocycles. The van der Waals surface area contributed by atoms with Crippen molar-refractivity contribution in [2.24, 2.45) is 4.99 Å². The predicted octanol–water partition coefficient (Wildman–Crippen LogP) is 4.41. The Morgan fingerprint density at radius 2 is 1.70 bits per heavy atom. The molecule has 0 bridgehead atoms. The summed E-state index contributed by atoms with van der Waals surface area (Å²) in [4.78, 5) is 3.35. The molecular formula is C16H9F2NS. The lowest BCUT2D eigenvalue weighted by Gasteiger charge is -1.99. The third-order valence-corrected chi connectivity index (χ3v) is 2.75. The predicted molar refractivity (Wildman–Crippen MR) is 78.2 cm³/mol. The first-order valence-corrected chi connectivity index (χ1v) is 6.17. The summed E-state index contributed by atoms with van der Waals surface area (Å²) in [6, 6.07) is 9.77. The maximum atomic E-state index is 13.6. The van der Waals surface area contributed by atoms with Crippen molar-refractivity contribution in [1.29, 1.82) is 0 Å². The monoisotopic (exact) mass is 285 g/mol. The van der Waals surface area contributed by atoms with Crippen LogP contribution in [0.5, 0.6) is 0 Å². The van der Waals surface area contributed by atoms with Gasteiger partial charge in [-0.1, -0.05) is 30.0 Å². The van der Waals surface area contributed by atoms with Crippen molar-refractivity contribution in [1.82, 2.24) is 0 Å². The minimum atomic E-state index is -0.809. The molecule has 0 aromatic heterocycles. The van der Waals surface area contributed by atoms with Gasteiger partial charge >= 0.3 is 0 Å². The van der Waals surface area contributed by atoms with Gasteiger partial charge in [0.1, 0.15) is 5.69 Å². The molecule has 4 heteroatoms. The van der Waals surface area contributed by atoms with Gasteiger partial charge in [-0.2, -0.15) is 4.99 Å². The lowest BCUT2D eigenvalue weighted by Crippen LogP contribution is -1.87. The maximum absolute atomic E-state index is 13.6. The van der Waals surface area contributed by atoms with Gasteiger partial charge in [-0.3, -0.25) is 0 Å². The van der Waals surface area contributed by atoms with Crippen LogP contribution in [0.25, 0.3) is 0 Å². The Hall–Kier alpha value is -2.34. The average Bonchev–Trinajstić information content (AvgIpc) is 2.42. The van der Waals surface area contributed by atoms with E-state index in [1.165, 1.54) is 0 Å². The first-order chi connectivity index (χ1) is 9.61. The van der Waals surface area contributed by atoms with Crippen molar-refractivity contribution in [2.45, 2.75) is 6.92 Å². The van der Waals surface area contributed by atoms with Crippen molar-refractivity contribution in [3.8, 4) is 11.8 Å². The van der Waals surface area contributed by atoms with Crippen molar-refractivity contribution in [3.05, 3.63) is 64.7 Å². The number of rotatable bonds is 1. The molecule has 0 aliphatic carbocycles. The normalized spacial score (nSPS) is 9.35. The van der Waals surface area contributed by atoms with Crippen molar-refractivity contribution in [2.75, 3.05) is 0 Å². The van der Waals surface area contributed by atoms with Gasteiger partial charge in [-0.25, -0.2) is 8.78 Å². The van der Waals surface area contributed by atoms with Gasteiger partial charge in [0.15, 0.2) is 11.6 Å². The molecular weight excluding hydrogens is 276 g/mol. The Balaban J connectivity index is 2.42. The fourth-order valence-corrected chi connectivity index (χ4v) is 1.73. The molecule has 0 radical (unpaired) electrons. The molecule has 0 fully saturated rings. The van der Waals surface area contributed by atoms with Crippen LogP contribution < -0.4 is 0 Å². The number of aliphatic imine (C=N–C) groups is 1. The Morgan fingerprint density at radius 1 is 1.05 bits per heavy atom. The summed E-state index contributed by atoms with van der Waals surface area (Å²) in [6.07, 6.45) is 0. The highest BCUT2D eigenvalue weighted by atomic mass is 32.1. The number of hydrogen-bond donors (Lipinski definition) is 0. The van der Waals surface area contributed by atoms with Crippen LogP contribution in [0.3, 0.4) is 0 Å². The molecule has 0 heterocycles. The fraction of sp³-hybridized carbons (Fsp3) is 0.0625. The number of benzene rings is 2. The third kappa shape index (κ3) is 3.16. The first-order valence-electron chi connectivity index (χ1n) is 5.76. The summed E-state index contributed by atoms with van der Waals surface area (Å²) < 4.78 is 27.2. The van der Waals surface area contributed by atoms with Gasteiger partial charge in [-0.05, 0) is 42.9 Å². The van der Waals surface area contributed by atoms with Gasteiger partial charge in [0.05, 0.1) is 5.16 Å². The molecule has 2 rings (SSSR count). The smallest absolute Gasteiger partial charge is 0.153 e. The molecule has 2 aromatic carbocycles. The van der Waals surface area contributed by atoms with Crippen molar-refractivity contribution < 1.29 is 8.78 Å². The van der Waals surface area contributed by atoms with E-state index in [2.05, 4.69) is 29.1 Å². The van der Waals surface area contributed by atoms with Crippen LogP contribution in [0.2, 0.25) is 0 Å². The summed E-state index contributed by atoms with van der Waals surface area (Å²) in [6.45, 7) is 1.92. The second-order valence-corrected chi connectivity index (χ2v) is 4.24. The molecule has 0 aliphatic rings. The lowest BCUT2D eigenvalue weighted by atomic mass is 10.1. The van der Waals surface area contributed by atoms with Gasteiger partial charge in [0.2, 0.25) is 0 Å². The summed E-state index contributed by atoms with van der Waals surface area (Å²) in [7, 11) is 0. The highest BCUT2D eigenvalue weighted by Gasteiger charge is 2.09. The number of isothiocyanates is 1. The molecule has 1 nitrogen and oxygen atoms in total. The van der Waals surface area contributed by atoms with E-state index in [-0.39, 0.29) is 5.56 Å². The van der Waals surface area contributed by atoms with E-state index in [1.54, 1.807) is 0 Å². The van der Waals surface area contributed by atoms with E-state index in [4.69, 9.17) is 0 Å². The molecule has 0 unspecified atom stereocenters. The summed E-state index contributed by atoms with van der Waals surface area (Å²) >= 11 is 4.34.